The van der Waals surface area contributed by atoms with E-state index in [0.717, 1.165) is 34.0 Å². The van der Waals surface area contributed by atoms with E-state index in [1.165, 1.54) is 0 Å². The number of aryl methyl sites for hydroxylation is 1. The molecule has 1 N–H and O–H groups in total. The van der Waals surface area contributed by atoms with E-state index in [1.54, 1.807) is 12.5 Å². The largest absolute Gasteiger partial charge is 0.445 e. The fourth-order valence-electron chi connectivity index (χ4n) is 2.84. The van der Waals surface area contributed by atoms with Crippen molar-refractivity contribution < 1.29 is 4.42 Å². The highest BCUT2D eigenvalue weighted by Crippen LogP contribution is 2.25. The topological polar surface area (TPSA) is 68.8 Å². The fraction of sp³-hybridized carbons (Fsp3) is 0.150. The summed E-state index contributed by atoms with van der Waals surface area (Å²) in [5.74, 6) is 2.33. The number of aromatic nitrogens is 4. The molecule has 0 saturated heterocycles. The highest BCUT2D eigenvalue weighted by molar-refractivity contribution is 5.64. The van der Waals surface area contributed by atoms with Gasteiger partial charge < -0.3 is 14.3 Å². The van der Waals surface area contributed by atoms with E-state index in [9.17, 15) is 0 Å². The molecule has 26 heavy (non-hydrogen) atoms. The molecule has 4 rings (SSSR count). The molecule has 0 amide bonds. The van der Waals surface area contributed by atoms with Crippen LogP contribution in [0, 0.1) is 6.92 Å². The number of rotatable bonds is 5. The molecule has 0 aliphatic heterocycles. The number of nitrogens with one attached hydrogen (secondary N) is 1. The van der Waals surface area contributed by atoms with Gasteiger partial charge in [-0.2, -0.15) is 0 Å². The fourth-order valence-corrected chi connectivity index (χ4v) is 2.84. The predicted molar refractivity (Wildman–Crippen MR) is 100 cm³/mol. The van der Waals surface area contributed by atoms with Crippen LogP contribution >= 0.6 is 0 Å². The summed E-state index contributed by atoms with van der Waals surface area (Å²) in [7, 11) is 1.98. The lowest BCUT2D eigenvalue weighted by molar-refractivity contribution is 0.574. The zero-order chi connectivity index (χ0) is 17.9. The molecule has 0 aliphatic rings. The summed E-state index contributed by atoms with van der Waals surface area (Å²) in [6.45, 7) is 2.64. The zero-order valence-corrected chi connectivity index (χ0v) is 14.7. The molecule has 6 heteroatoms. The van der Waals surface area contributed by atoms with Crippen LogP contribution < -0.4 is 5.32 Å². The van der Waals surface area contributed by atoms with Crippen LogP contribution in [0.3, 0.4) is 0 Å². The zero-order valence-electron chi connectivity index (χ0n) is 14.7. The molecule has 6 nitrogen and oxygen atoms in total. The molecular weight excluding hydrogens is 326 g/mol. The van der Waals surface area contributed by atoms with Crippen molar-refractivity contribution in [2.45, 2.75) is 13.5 Å². The number of hydrogen-bond acceptors (Lipinski definition) is 5. The van der Waals surface area contributed by atoms with Crippen molar-refractivity contribution in [3.05, 3.63) is 72.4 Å². The van der Waals surface area contributed by atoms with Gasteiger partial charge in [-0.15, -0.1) is 10.2 Å². The molecule has 0 radical (unpaired) electrons. The molecule has 4 aromatic rings. The Labute approximate surface area is 151 Å². The maximum Gasteiger partial charge on any atom is 0.225 e. The van der Waals surface area contributed by atoms with Crippen molar-refractivity contribution in [3.63, 3.8) is 0 Å². The first-order chi connectivity index (χ1) is 12.7. The quantitative estimate of drug-likeness (QED) is 0.591. The van der Waals surface area contributed by atoms with Gasteiger partial charge in [0.1, 0.15) is 6.26 Å². The van der Waals surface area contributed by atoms with Crippen molar-refractivity contribution in [2.24, 2.45) is 7.05 Å². The van der Waals surface area contributed by atoms with E-state index in [-0.39, 0.29) is 0 Å². The highest BCUT2D eigenvalue weighted by atomic mass is 16.3. The van der Waals surface area contributed by atoms with Crippen LogP contribution in [0.4, 0.5) is 5.69 Å². The SMILES string of the molecule is Cc1ccc(-c2ncco2)cc1NCc1nnc(-c2ccccc2)n1C. The molecule has 0 spiro atoms. The summed E-state index contributed by atoms with van der Waals surface area (Å²) >= 11 is 0. The van der Waals surface area contributed by atoms with E-state index < -0.39 is 0 Å². The molecule has 0 bridgehead atoms. The van der Waals surface area contributed by atoms with E-state index in [4.69, 9.17) is 4.42 Å². The Bertz CT molecular complexity index is 1010. The third-order valence-corrected chi connectivity index (χ3v) is 4.35. The van der Waals surface area contributed by atoms with Crippen molar-refractivity contribution >= 4 is 5.69 Å². The van der Waals surface area contributed by atoms with Gasteiger partial charge in [-0.25, -0.2) is 4.98 Å². The molecule has 2 aromatic carbocycles. The molecule has 0 saturated carbocycles. The van der Waals surface area contributed by atoms with Crippen LogP contribution in [0.2, 0.25) is 0 Å². The molecule has 0 aliphatic carbocycles. The van der Waals surface area contributed by atoms with Gasteiger partial charge in [0.05, 0.1) is 12.7 Å². The van der Waals surface area contributed by atoms with E-state index in [1.807, 2.05) is 60.1 Å². The average Bonchev–Trinajstić information content (AvgIpc) is 3.32. The lowest BCUT2D eigenvalue weighted by Crippen LogP contribution is -2.07. The molecule has 0 atom stereocenters. The summed E-state index contributed by atoms with van der Waals surface area (Å²) in [6, 6.07) is 16.1. The molecular formula is C20H19N5O. The number of oxazole rings is 1. The summed E-state index contributed by atoms with van der Waals surface area (Å²) < 4.78 is 7.39. The first kappa shape index (κ1) is 16.1. The second-order valence-electron chi connectivity index (χ2n) is 6.09. The van der Waals surface area contributed by atoms with Gasteiger partial charge in [-0.1, -0.05) is 36.4 Å². The van der Waals surface area contributed by atoms with Gasteiger partial charge in [0.2, 0.25) is 5.89 Å². The Morgan fingerprint density at radius 3 is 2.65 bits per heavy atom. The van der Waals surface area contributed by atoms with Gasteiger partial charge in [0, 0.05) is 23.9 Å². The molecule has 2 heterocycles. The summed E-state index contributed by atoms with van der Waals surface area (Å²) in [5, 5.41) is 12.1. The minimum absolute atomic E-state index is 0.576. The van der Waals surface area contributed by atoms with Crippen molar-refractivity contribution in [2.75, 3.05) is 5.32 Å². The summed E-state index contributed by atoms with van der Waals surface area (Å²) in [6.07, 6.45) is 3.22. The first-order valence-electron chi connectivity index (χ1n) is 8.40. The number of anilines is 1. The molecule has 130 valence electrons. The summed E-state index contributed by atoms with van der Waals surface area (Å²) in [4.78, 5) is 4.21. The summed E-state index contributed by atoms with van der Waals surface area (Å²) in [5.41, 5.74) is 4.15. The van der Waals surface area contributed by atoms with Gasteiger partial charge in [0.25, 0.3) is 0 Å². The predicted octanol–water partition coefficient (Wildman–Crippen LogP) is 4.06. The monoisotopic (exact) mass is 345 g/mol. The van der Waals surface area contributed by atoms with Crippen LogP contribution in [-0.2, 0) is 13.6 Å². The second kappa shape index (κ2) is 6.84. The van der Waals surface area contributed by atoms with E-state index in [0.29, 0.717) is 12.4 Å². The van der Waals surface area contributed by atoms with Gasteiger partial charge in [0.15, 0.2) is 11.6 Å². The number of benzene rings is 2. The second-order valence-corrected chi connectivity index (χ2v) is 6.09. The number of hydrogen-bond donors (Lipinski definition) is 1. The van der Waals surface area contributed by atoms with Crippen LogP contribution in [-0.4, -0.2) is 19.7 Å². The molecule has 0 unspecified atom stereocenters. The maximum atomic E-state index is 5.38. The minimum atomic E-state index is 0.576. The lowest BCUT2D eigenvalue weighted by atomic mass is 10.1. The molecule has 2 aromatic heterocycles. The lowest BCUT2D eigenvalue weighted by Gasteiger charge is -2.11. The van der Waals surface area contributed by atoms with Crippen molar-refractivity contribution in [3.8, 4) is 22.8 Å². The van der Waals surface area contributed by atoms with Crippen molar-refractivity contribution in [1.29, 1.82) is 0 Å². The maximum absolute atomic E-state index is 5.38. The van der Waals surface area contributed by atoms with Crippen molar-refractivity contribution in [1.82, 2.24) is 19.7 Å². The van der Waals surface area contributed by atoms with Crippen LogP contribution in [0.15, 0.2) is 65.4 Å². The Hall–Kier alpha value is -3.41. The Kier molecular flexibility index (Phi) is 4.23. The normalized spacial score (nSPS) is 10.8. The van der Waals surface area contributed by atoms with Gasteiger partial charge >= 0.3 is 0 Å². The van der Waals surface area contributed by atoms with E-state index >= 15 is 0 Å². The highest BCUT2D eigenvalue weighted by Gasteiger charge is 2.11. The Morgan fingerprint density at radius 2 is 1.88 bits per heavy atom. The first-order valence-corrected chi connectivity index (χ1v) is 8.40. The third-order valence-electron chi connectivity index (χ3n) is 4.35. The van der Waals surface area contributed by atoms with Crippen LogP contribution in [0.1, 0.15) is 11.4 Å². The van der Waals surface area contributed by atoms with Gasteiger partial charge in [-0.05, 0) is 24.6 Å². The van der Waals surface area contributed by atoms with Crippen LogP contribution in [0.5, 0.6) is 0 Å². The minimum Gasteiger partial charge on any atom is -0.445 e. The standard InChI is InChI=1S/C20H19N5O/c1-14-8-9-16(20-21-10-11-26-20)12-17(14)22-13-18-23-24-19(25(18)2)15-6-4-3-5-7-15/h3-12,22H,13H2,1-2H3. The van der Waals surface area contributed by atoms with Crippen LogP contribution in [0.25, 0.3) is 22.8 Å². The van der Waals surface area contributed by atoms with E-state index in [2.05, 4.69) is 27.4 Å². The average molecular weight is 345 g/mol. The molecule has 0 fully saturated rings. The smallest absolute Gasteiger partial charge is 0.225 e. The Balaban J connectivity index is 1.55. The Morgan fingerprint density at radius 1 is 1.04 bits per heavy atom. The van der Waals surface area contributed by atoms with Gasteiger partial charge in [-0.3, -0.25) is 0 Å². The number of nitrogens with zero attached hydrogens (tertiary/aromatic N) is 4. The third kappa shape index (κ3) is 3.09.